The summed E-state index contributed by atoms with van der Waals surface area (Å²) in [5.74, 6) is 0.874. The number of hydrogen-bond donors (Lipinski definition) is 1. The van der Waals surface area contributed by atoms with E-state index in [-0.39, 0.29) is 6.04 Å². The molecule has 0 radical (unpaired) electrons. The van der Waals surface area contributed by atoms with Crippen molar-refractivity contribution in [1.82, 2.24) is 0 Å². The number of nitrogens with two attached hydrogens (primary N) is 1. The molecule has 0 aliphatic heterocycles. The van der Waals surface area contributed by atoms with E-state index in [0.717, 1.165) is 15.8 Å². The molecule has 0 spiro atoms. The molecule has 13 heavy (non-hydrogen) atoms. The van der Waals surface area contributed by atoms with E-state index >= 15 is 0 Å². The molecular formula is C10H14BrNO. The van der Waals surface area contributed by atoms with Gasteiger partial charge in [0.15, 0.2) is 0 Å². The summed E-state index contributed by atoms with van der Waals surface area (Å²) in [6, 6.07) is 5.92. The zero-order chi connectivity index (χ0) is 9.84. The smallest absolute Gasteiger partial charge is 0.120 e. The molecule has 0 unspecified atom stereocenters. The fraction of sp³-hybridized carbons (Fsp3) is 0.400. The van der Waals surface area contributed by atoms with Crippen molar-refractivity contribution in [3.05, 3.63) is 28.2 Å². The van der Waals surface area contributed by atoms with Gasteiger partial charge in [0.2, 0.25) is 0 Å². The molecule has 1 aromatic carbocycles. The molecule has 0 aromatic heterocycles. The van der Waals surface area contributed by atoms with Crippen LogP contribution in [0, 0.1) is 0 Å². The standard InChI is InChI=1S/C10H14BrNO/c1-3-13-8-4-5-9(7(2)12)10(11)6-8/h4-7H,3,12H2,1-2H3/t7-/m0/s1. The van der Waals surface area contributed by atoms with Crippen molar-refractivity contribution in [3.8, 4) is 5.75 Å². The van der Waals surface area contributed by atoms with Crippen LogP contribution in [0.25, 0.3) is 0 Å². The second-order valence-electron chi connectivity index (χ2n) is 2.91. The average molecular weight is 244 g/mol. The van der Waals surface area contributed by atoms with Crippen LogP contribution < -0.4 is 10.5 Å². The highest BCUT2D eigenvalue weighted by atomic mass is 79.9. The quantitative estimate of drug-likeness (QED) is 0.887. The average Bonchev–Trinajstić information content (AvgIpc) is 2.04. The second-order valence-corrected chi connectivity index (χ2v) is 3.76. The molecule has 0 heterocycles. The van der Waals surface area contributed by atoms with Crippen LogP contribution in [0.4, 0.5) is 0 Å². The minimum atomic E-state index is 0.0463. The van der Waals surface area contributed by atoms with E-state index in [1.807, 2.05) is 32.0 Å². The molecular weight excluding hydrogens is 230 g/mol. The Balaban J connectivity index is 2.92. The first kappa shape index (κ1) is 10.5. The first-order chi connectivity index (χ1) is 6.15. The highest BCUT2D eigenvalue weighted by Gasteiger charge is 2.05. The van der Waals surface area contributed by atoms with E-state index in [0.29, 0.717) is 6.61 Å². The molecule has 0 aliphatic carbocycles. The van der Waals surface area contributed by atoms with Gasteiger partial charge in [-0.25, -0.2) is 0 Å². The van der Waals surface area contributed by atoms with Crippen LogP contribution in [-0.2, 0) is 0 Å². The van der Waals surface area contributed by atoms with Gasteiger partial charge < -0.3 is 10.5 Å². The van der Waals surface area contributed by atoms with Gasteiger partial charge in [0.1, 0.15) is 5.75 Å². The molecule has 2 nitrogen and oxygen atoms in total. The van der Waals surface area contributed by atoms with E-state index in [2.05, 4.69) is 15.9 Å². The van der Waals surface area contributed by atoms with Gasteiger partial charge in [0.05, 0.1) is 6.61 Å². The van der Waals surface area contributed by atoms with Crippen LogP contribution in [0.5, 0.6) is 5.75 Å². The number of ether oxygens (including phenoxy) is 1. The van der Waals surface area contributed by atoms with Crippen molar-refractivity contribution < 1.29 is 4.74 Å². The van der Waals surface area contributed by atoms with Crippen molar-refractivity contribution in [1.29, 1.82) is 0 Å². The van der Waals surface area contributed by atoms with Crippen molar-refractivity contribution in [3.63, 3.8) is 0 Å². The van der Waals surface area contributed by atoms with Gasteiger partial charge in [-0.15, -0.1) is 0 Å². The van der Waals surface area contributed by atoms with Crippen LogP contribution in [0.2, 0.25) is 0 Å². The largest absolute Gasteiger partial charge is 0.494 e. The minimum absolute atomic E-state index is 0.0463. The Bertz CT molecular complexity index is 286. The van der Waals surface area contributed by atoms with Crippen LogP contribution in [0.15, 0.2) is 22.7 Å². The van der Waals surface area contributed by atoms with E-state index in [1.54, 1.807) is 0 Å². The van der Waals surface area contributed by atoms with Crippen molar-refractivity contribution in [2.45, 2.75) is 19.9 Å². The third-order valence-electron chi connectivity index (χ3n) is 1.77. The predicted molar refractivity (Wildman–Crippen MR) is 57.9 cm³/mol. The van der Waals surface area contributed by atoms with Crippen molar-refractivity contribution in [2.24, 2.45) is 5.73 Å². The van der Waals surface area contributed by atoms with Crippen LogP contribution in [0.3, 0.4) is 0 Å². The Morgan fingerprint density at radius 3 is 2.69 bits per heavy atom. The van der Waals surface area contributed by atoms with Gasteiger partial charge in [-0.1, -0.05) is 22.0 Å². The summed E-state index contributed by atoms with van der Waals surface area (Å²) in [6.45, 7) is 4.61. The fourth-order valence-corrected chi connectivity index (χ4v) is 1.85. The molecule has 3 heteroatoms. The summed E-state index contributed by atoms with van der Waals surface area (Å²) in [5, 5.41) is 0. The molecule has 0 aliphatic rings. The van der Waals surface area contributed by atoms with Crippen molar-refractivity contribution in [2.75, 3.05) is 6.61 Å². The maximum Gasteiger partial charge on any atom is 0.120 e. The Labute approximate surface area is 87.2 Å². The Hall–Kier alpha value is -0.540. The van der Waals surface area contributed by atoms with E-state index < -0.39 is 0 Å². The number of rotatable bonds is 3. The summed E-state index contributed by atoms with van der Waals surface area (Å²) in [5.41, 5.74) is 6.87. The lowest BCUT2D eigenvalue weighted by molar-refractivity contribution is 0.340. The predicted octanol–water partition coefficient (Wildman–Crippen LogP) is 2.87. The summed E-state index contributed by atoms with van der Waals surface area (Å²) >= 11 is 3.46. The van der Waals surface area contributed by atoms with E-state index in [9.17, 15) is 0 Å². The molecule has 1 atom stereocenters. The van der Waals surface area contributed by atoms with Gasteiger partial charge in [-0.05, 0) is 31.5 Å². The van der Waals surface area contributed by atoms with Crippen molar-refractivity contribution >= 4 is 15.9 Å². The van der Waals surface area contributed by atoms with Crippen LogP contribution >= 0.6 is 15.9 Å². The molecule has 0 amide bonds. The number of benzene rings is 1. The summed E-state index contributed by atoms with van der Waals surface area (Å²) in [6.07, 6.45) is 0. The summed E-state index contributed by atoms with van der Waals surface area (Å²) in [7, 11) is 0. The monoisotopic (exact) mass is 243 g/mol. The van der Waals surface area contributed by atoms with Gasteiger partial charge in [-0.3, -0.25) is 0 Å². The first-order valence-corrected chi connectivity index (χ1v) is 5.12. The van der Waals surface area contributed by atoms with Crippen LogP contribution in [0.1, 0.15) is 25.5 Å². The maximum atomic E-state index is 5.77. The normalized spacial score (nSPS) is 12.6. The molecule has 0 bridgehead atoms. The minimum Gasteiger partial charge on any atom is -0.494 e. The first-order valence-electron chi connectivity index (χ1n) is 4.33. The molecule has 72 valence electrons. The van der Waals surface area contributed by atoms with E-state index in [4.69, 9.17) is 10.5 Å². The Morgan fingerprint density at radius 1 is 1.54 bits per heavy atom. The molecule has 2 N–H and O–H groups in total. The molecule has 1 rings (SSSR count). The Morgan fingerprint density at radius 2 is 2.23 bits per heavy atom. The molecule has 0 saturated carbocycles. The summed E-state index contributed by atoms with van der Waals surface area (Å²) in [4.78, 5) is 0. The number of hydrogen-bond acceptors (Lipinski definition) is 2. The van der Waals surface area contributed by atoms with Gasteiger partial charge in [0.25, 0.3) is 0 Å². The maximum absolute atomic E-state index is 5.77. The SMILES string of the molecule is CCOc1ccc([C@H](C)N)c(Br)c1. The van der Waals surface area contributed by atoms with Gasteiger partial charge in [-0.2, -0.15) is 0 Å². The lowest BCUT2D eigenvalue weighted by Crippen LogP contribution is -2.05. The van der Waals surface area contributed by atoms with Gasteiger partial charge in [0, 0.05) is 10.5 Å². The molecule has 0 fully saturated rings. The third-order valence-corrected chi connectivity index (χ3v) is 2.46. The van der Waals surface area contributed by atoms with E-state index in [1.165, 1.54) is 0 Å². The Kier molecular flexibility index (Phi) is 3.75. The van der Waals surface area contributed by atoms with Crippen LogP contribution in [-0.4, -0.2) is 6.61 Å². The fourth-order valence-electron chi connectivity index (χ4n) is 1.13. The highest BCUT2D eigenvalue weighted by molar-refractivity contribution is 9.10. The third kappa shape index (κ3) is 2.71. The summed E-state index contributed by atoms with van der Waals surface area (Å²) < 4.78 is 6.36. The number of halogens is 1. The molecule has 1 aromatic rings. The lowest BCUT2D eigenvalue weighted by Gasteiger charge is -2.10. The second kappa shape index (κ2) is 4.63. The lowest BCUT2D eigenvalue weighted by atomic mass is 10.1. The topological polar surface area (TPSA) is 35.2 Å². The zero-order valence-electron chi connectivity index (χ0n) is 7.88. The highest BCUT2D eigenvalue weighted by Crippen LogP contribution is 2.26. The van der Waals surface area contributed by atoms with Gasteiger partial charge >= 0.3 is 0 Å². The molecule has 0 saturated heterocycles. The zero-order valence-corrected chi connectivity index (χ0v) is 9.47.